The zero-order valence-electron chi connectivity index (χ0n) is 21.4. The maximum absolute atomic E-state index is 5.06. The molecule has 0 aliphatic carbocycles. The monoisotopic (exact) mass is 410 g/mol. The first kappa shape index (κ1) is 32.3. The van der Waals surface area contributed by atoms with Crippen molar-refractivity contribution < 1.29 is 9.47 Å². The summed E-state index contributed by atoms with van der Waals surface area (Å²) in [6.07, 6.45) is 13.7. The standard InChI is InChI=1S/C13H23NO.C7H16.C6H12O/c1-6-11(3)13(14-4)12(7-2)9-8-10-15-5;1-3-5-7-6-4-2;1-5(2)7-6(3)4/h6,9H,7-8,10H2,1-5H3;3-7H2,1-2H3;6H,1H2,2-4H3/p+1/b11-6-,12-9+,14-13?;;. The molecule has 0 aromatic carbocycles. The number of hydrogen-bond acceptors (Lipinski definition) is 2. The highest BCUT2D eigenvalue weighted by atomic mass is 16.5. The van der Waals surface area contributed by atoms with Gasteiger partial charge in [0.05, 0.1) is 17.6 Å². The van der Waals surface area contributed by atoms with Gasteiger partial charge < -0.3 is 9.47 Å². The molecular formula is C26H52NO2+. The Labute approximate surface area is 183 Å². The molecule has 0 saturated heterocycles. The van der Waals surface area contributed by atoms with Gasteiger partial charge in [-0.25, -0.2) is 0 Å². The summed E-state index contributed by atoms with van der Waals surface area (Å²) in [7, 11) is 3.71. The van der Waals surface area contributed by atoms with Crippen LogP contribution in [0.3, 0.4) is 0 Å². The molecule has 0 atom stereocenters. The minimum Gasteiger partial charge on any atom is -0.496 e. The summed E-state index contributed by atoms with van der Waals surface area (Å²) in [6.45, 7) is 21.1. The molecule has 0 amide bonds. The number of aliphatic imine (C=N–C) groups is 1. The number of hydrogen-bond donors (Lipinski definition) is 0. The fourth-order valence-corrected chi connectivity index (χ4v) is 2.57. The van der Waals surface area contributed by atoms with Crippen molar-refractivity contribution in [2.75, 3.05) is 20.8 Å². The van der Waals surface area contributed by atoms with E-state index in [1.165, 1.54) is 43.3 Å². The Kier molecular flexibility index (Phi) is 27.5. The summed E-state index contributed by atoms with van der Waals surface area (Å²) in [6, 6.07) is 0. The van der Waals surface area contributed by atoms with E-state index >= 15 is 0 Å². The minimum atomic E-state index is 0.275. The molecule has 172 valence electrons. The molecule has 0 bridgehead atoms. The third kappa shape index (κ3) is 24.6. The number of aliphatic hydroxyl groups is 2. The van der Waals surface area contributed by atoms with Crippen molar-refractivity contribution in [2.24, 2.45) is 4.99 Å². The first-order valence-electron chi connectivity index (χ1n) is 11.4. The van der Waals surface area contributed by atoms with Gasteiger partial charge in [-0.1, -0.05) is 71.6 Å². The molecule has 0 fully saturated rings. The zero-order chi connectivity index (χ0) is 23.1. The van der Waals surface area contributed by atoms with E-state index in [0.29, 0.717) is 0 Å². The average Bonchev–Trinajstić information content (AvgIpc) is 2.67. The van der Waals surface area contributed by atoms with Crippen molar-refractivity contribution in [2.45, 2.75) is 106 Å². The van der Waals surface area contributed by atoms with E-state index in [2.05, 4.69) is 63.1 Å². The summed E-state index contributed by atoms with van der Waals surface area (Å²) >= 11 is 0. The van der Waals surface area contributed by atoms with Gasteiger partial charge in [0.25, 0.3) is 0 Å². The Balaban J connectivity index is -0.000000402. The lowest BCUT2D eigenvalue weighted by Crippen LogP contribution is -2.05. The highest BCUT2D eigenvalue weighted by molar-refractivity contribution is 6.11. The second kappa shape index (κ2) is 24.7. The van der Waals surface area contributed by atoms with E-state index in [9.17, 15) is 0 Å². The fraction of sp³-hybridized carbons (Fsp3) is 0.731. The van der Waals surface area contributed by atoms with E-state index in [4.69, 9.17) is 4.74 Å². The predicted octanol–water partition coefficient (Wildman–Crippen LogP) is 7.83. The van der Waals surface area contributed by atoms with Crippen LogP contribution in [0.4, 0.5) is 0 Å². The molecule has 0 heterocycles. The molecule has 0 aromatic rings. The first-order valence-corrected chi connectivity index (χ1v) is 11.4. The van der Waals surface area contributed by atoms with Gasteiger partial charge in [-0.15, -0.1) is 0 Å². The lowest BCUT2D eigenvalue weighted by molar-refractivity contribution is 0.0191. The maximum atomic E-state index is 5.06. The SMILES string of the molecule is C/C=C(/C)C(=NC)/C(=C/CC[OH+]C)CC.C=C(C)OC(C)C.CCCCCCC. The van der Waals surface area contributed by atoms with Crippen LogP contribution >= 0.6 is 0 Å². The van der Waals surface area contributed by atoms with Gasteiger partial charge in [0.15, 0.2) is 0 Å². The van der Waals surface area contributed by atoms with Crippen molar-refractivity contribution in [3.63, 3.8) is 0 Å². The highest BCUT2D eigenvalue weighted by Gasteiger charge is 2.05. The van der Waals surface area contributed by atoms with Gasteiger partial charge in [0.1, 0.15) is 13.7 Å². The normalized spacial score (nSPS) is 12.0. The molecule has 29 heavy (non-hydrogen) atoms. The molecule has 0 radical (unpaired) electrons. The lowest BCUT2D eigenvalue weighted by atomic mass is 10.0. The Morgan fingerprint density at radius 3 is 1.90 bits per heavy atom. The van der Waals surface area contributed by atoms with Crippen molar-refractivity contribution in [3.8, 4) is 0 Å². The van der Waals surface area contributed by atoms with Gasteiger partial charge in [-0.2, -0.15) is 0 Å². The van der Waals surface area contributed by atoms with E-state index in [-0.39, 0.29) is 6.10 Å². The minimum absolute atomic E-state index is 0.275. The second-order valence-corrected chi connectivity index (χ2v) is 7.38. The van der Waals surface area contributed by atoms with Crippen molar-refractivity contribution in [3.05, 3.63) is 35.6 Å². The molecular weight excluding hydrogens is 358 g/mol. The van der Waals surface area contributed by atoms with Crippen LogP contribution in [-0.2, 0) is 4.74 Å². The Morgan fingerprint density at radius 1 is 1.07 bits per heavy atom. The number of allylic oxidation sites excluding steroid dienone is 4. The van der Waals surface area contributed by atoms with Crippen molar-refractivity contribution in [1.82, 2.24) is 0 Å². The van der Waals surface area contributed by atoms with Crippen molar-refractivity contribution >= 4 is 5.71 Å². The molecule has 0 aliphatic heterocycles. The fourth-order valence-electron chi connectivity index (χ4n) is 2.57. The van der Waals surface area contributed by atoms with E-state index in [1.807, 2.05) is 34.9 Å². The van der Waals surface area contributed by atoms with Crippen LogP contribution in [0.15, 0.2) is 40.6 Å². The van der Waals surface area contributed by atoms with Crippen LogP contribution in [0.5, 0.6) is 0 Å². The largest absolute Gasteiger partial charge is 0.496 e. The van der Waals surface area contributed by atoms with Crippen LogP contribution < -0.4 is 0 Å². The van der Waals surface area contributed by atoms with Crippen LogP contribution in [0.2, 0.25) is 0 Å². The van der Waals surface area contributed by atoms with Gasteiger partial charge in [0.2, 0.25) is 0 Å². The van der Waals surface area contributed by atoms with Gasteiger partial charge in [0, 0.05) is 13.5 Å². The molecule has 1 N–H and O–H groups in total. The quantitative estimate of drug-likeness (QED) is 0.140. The lowest BCUT2D eigenvalue weighted by Gasteiger charge is -2.09. The second-order valence-electron chi connectivity index (χ2n) is 7.38. The topological polar surface area (TPSA) is 34.4 Å². The van der Waals surface area contributed by atoms with Crippen LogP contribution in [0.1, 0.15) is 100 Å². The zero-order valence-corrected chi connectivity index (χ0v) is 21.4. The summed E-state index contributed by atoms with van der Waals surface area (Å²) in [5.41, 5.74) is 3.71. The molecule has 0 aromatic heterocycles. The van der Waals surface area contributed by atoms with Crippen molar-refractivity contribution in [1.29, 1.82) is 0 Å². The summed E-state index contributed by atoms with van der Waals surface area (Å²) in [4.78, 5) is 4.36. The van der Waals surface area contributed by atoms with Crippen LogP contribution in [0.25, 0.3) is 0 Å². The molecule has 0 rings (SSSR count). The Bertz CT molecular complexity index is 455. The number of nitrogens with zero attached hydrogens (tertiary/aromatic N) is 1. The Hall–Kier alpha value is -1.35. The van der Waals surface area contributed by atoms with E-state index in [0.717, 1.165) is 30.9 Å². The summed E-state index contributed by atoms with van der Waals surface area (Å²) in [5, 5.41) is 0. The van der Waals surface area contributed by atoms with Gasteiger partial charge in [-0.05, 0) is 52.2 Å². The number of ether oxygens (including phenoxy) is 2. The van der Waals surface area contributed by atoms with E-state index in [1.54, 1.807) is 0 Å². The third-order valence-corrected chi connectivity index (χ3v) is 4.10. The van der Waals surface area contributed by atoms with Gasteiger partial charge in [-0.3, -0.25) is 4.99 Å². The molecule has 3 heteroatoms. The number of unbranched alkanes of at least 4 members (excludes halogenated alkanes) is 4. The number of rotatable bonds is 12. The summed E-state index contributed by atoms with van der Waals surface area (Å²) < 4.78 is 9.15. The smallest absolute Gasteiger partial charge is 0.148 e. The van der Waals surface area contributed by atoms with E-state index < -0.39 is 0 Å². The molecule has 3 nitrogen and oxygen atoms in total. The summed E-state index contributed by atoms with van der Waals surface area (Å²) in [5.74, 6) is 0.787. The molecule has 0 aliphatic rings. The average molecular weight is 411 g/mol. The van der Waals surface area contributed by atoms with Crippen LogP contribution in [-0.4, -0.2) is 37.3 Å². The molecule has 0 unspecified atom stereocenters. The predicted molar refractivity (Wildman–Crippen MR) is 134 cm³/mol. The Morgan fingerprint density at radius 2 is 1.62 bits per heavy atom. The molecule has 0 spiro atoms. The molecule has 0 saturated carbocycles. The third-order valence-electron chi connectivity index (χ3n) is 4.10. The first-order chi connectivity index (χ1) is 13.7. The van der Waals surface area contributed by atoms with Gasteiger partial charge >= 0.3 is 0 Å². The van der Waals surface area contributed by atoms with Crippen LogP contribution in [0, 0.1) is 0 Å². The maximum Gasteiger partial charge on any atom is 0.148 e. The highest BCUT2D eigenvalue weighted by Crippen LogP contribution is 2.12.